The van der Waals surface area contributed by atoms with Gasteiger partial charge in [0.25, 0.3) is 5.91 Å². The largest absolute Gasteiger partial charge is 0.479 e. The highest BCUT2D eigenvalue weighted by molar-refractivity contribution is 7.89. The van der Waals surface area contributed by atoms with Crippen LogP contribution in [0.2, 0.25) is 0 Å². The van der Waals surface area contributed by atoms with Crippen molar-refractivity contribution in [2.24, 2.45) is 0 Å². The smallest absolute Gasteiger partial charge is 0.329 e. The third-order valence-electron chi connectivity index (χ3n) is 4.80. The van der Waals surface area contributed by atoms with Gasteiger partial charge in [0.05, 0.1) is 11.4 Å². The third-order valence-corrected chi connectivity index (χ3v) is 6.22. The lowest BCUT2D eigenvalue weighted by atomic mass is 9.80. The van der Waals surface area contributed by atoms with Crippen molar-refractivity contribution in [2.75, 3.05) is 13.6 Å². The number of carbonyl (C=O) groups excluding carboxylic acids is 1. The molecule has 140 valence electrons. The molecule has 0 heterocycles. The van der Waals surface area contributed by atoms with Crippen LogP contribution in [-0.4, -0.2) is 49.4 Å². The van der Waals surface area contributed by atoms with Gasteiger partial charge >= 0.3 is 5.97 Å². The number of terminal acetylenes is 1. The molecular formula is C18H22N2O5S. The van der Waals surface area contributed by atoms with Gasteiger partial charge in [0.1, 0.15) is 5.54 Å². The molecule has 0 aromatic heterocycles. The number of likely N-dealkylation sites (N-methyl/N-ethyl adjacent to an activating group) is 1. The van der Waals surface area contributed by atoms with Crippen molar-refractivity contribution < 1.29 is 23.1 Å². The molecule has 0 spiro atoms. The fourth-order valence-corrected chi connectivity index (χ4v) is 4.15. The number of carboxylic acid groups (broad SMARTS) is 1. The van der Waals surface area contributed by atoms with Crippen LogP contribution >= 0.6 is 0 Å². The maximum absolute atomic E-state index is 12.8. The molecule has 1 aromatic carbocycles. The molecule has 1 aliphatic rings. The molecule has 0 unspecified atom stereocenters. The Hall–Kier alpha value is -2.37. The summed E-state index contributed by atoms with van der Waals surface area (Å²) in [5, 5.41) is 9.69. The molecule has 1 aromatic rings. The molecule has 1 aliphatic carbocycles. The number of rotatable bonds is 6. The second kappa shape index (κ2) is 7.89. The van der Waals surface area contributed by atoms with Crippen LogP contribution in [0.5, 0.6) is 0 Å². The van der Waals surface area contributed by atoms with Crippen molar-refractivity contribution in [3.63, 3.8) is 0 Å². The molecule has 7 nitrogen and oxygen atoms in total. The molecule has 26 heavy (non-hydrogen) atoms. The van der Waals surface area contributed by atoms with Gasteiger partial charge in [-0.2, -0.15) is 4.72 Å². The van der Waals surface area contributed by atoms with E-state index in [2.05, 4.69) is 10.6 Å². The molecule has 0 saturated heterocycles. The van der Waals surface area contributed by atoms with E-state index in [1.165, 1.54) is 36.2 Å². The van der Waals surface area contributed by atoms with Gasteiger partial charge in [0.15, 0.2) is 0 Å². The number of sulfonamides is 1. The van der Waals surface area contributed by atoms with Crippen LogP contribution in [0, 0.1) is 12.3 Å². The highest BCUT2D eigenvalue weighted by Gasteiger charge is 2.45. The maximum Gasteiger partial charge on any atom is 0.329 e. The number of nitrogens with zero attached hydrogens (tertiary/aromatic N) is 1. The van der Waals surface area contributed by atoms with Crippen molar-refractivity contribution in [2.45, 2.75) is 42.5 Å². The molecule has 1 amide bonds. The number of amides is 1. The van der Waals surface area contributed by atoms with Gasteiger partial charge in [-0.25, -0.2) is 13.2 Å². The lowest BCUT2D eigenvalue weighted by Gasteiger charge is -2.41. The van der Waals surface area contributed by atoms with E-state index in [1.807, 2.05) is 0 Å². The van der Waals surface area contributed by atoms with Crippen molar-refractivity contribution in [3.05, 3.63) is 29.8 Å². The van der Waals surface area contributed by atoms with E-state index in [1.54, 1.807) is 0 Å². The average molecular weight is 378 g/mol. The predicted molar refractivity (Wildman–Crippen MR) is 96.0 cm³/mol. The lowest BCUT2D eigenvalue weighted by Crippen LogP contribution is -2.56. The highest BCUT2D eigenvalue weighted by atomic mass is 32.2. The molecule has 1 fully saturated rings. The topological polar surface area (TPSA) is 104 Å². The standard InChI is InChI=1S/C18H22N2O5S/c1-3-13-19-26(24,25)15-9-7-14(8-10-15)16(21)20(2)18(17(22)23)11-5-4-6-12-18/h1,7-10,19H,4-6,11-13H2,2H3,(H,22,23). The first-order valence-electron chi connectivity index (χ1n) is 8.29. The van der Waals surface area contributed by atoms with E-state index in [9.17, 15) is 23.1 Å². The second-order valence-corrected chi connectivity index (χ2v) is 8.08. The van der Waals surface area contributed by atoms with E-state index in [-0.39, 0.29) is 17.0 Å². The fourth-order valence-electron chi connectivity index (χ4n) is 3.21. The Morgan fingerprint density at radius 1 is 1.23 bits per heavy atom. The average Bonchev–Trinajstić information content (AvgIpc) is 2.65. The van der Waals surface area contributed by atoms with Gasteiger partial charge in [-0.15, -0.1) is 6.42 Å². The molecule has 0 radical (unpaired) electrons. The Morgan fingerprint density at radius 3 is 2.31 bits per heavy atom. The lowest BCUT2D eigenvalue weighted by molar-refractivity contribution is -0.151. The van der Waals surface area contributed by atoms with Crippen LogP contribution in [0.15, 0.2) is 29.2 Å². The van der Waals surface area contributed by atoms with Crippen LogP contribution < -0.4 is 4.72 Å². The van der Waals surface area contributed by atoms with Gasteiger partial charge < -0.3 is 10.0 Å². The summed E-state index contributed by atoms with van der Waals surface area (Å²) in [5.74, 6) is 0.725. The first-order chi connectivity index (χ1) is 12.2. The van der Waals surface area contributed by atoms with Gasteiger partial charge in [-0.3, -0.25) is 4.79 Å². The molecule has 0 atom stereocenters. The number of aliphatic carboxylic acids is 1. The monoisotopic (exact) mass is 378 g/mol. The van der Waals surface area contributed by atoms with Crippen molar-refractivity contribution in [3.8, 4) is 12.3 Å². The predicted octanol–water partition coefficient (Wildman–Crippen LogP) is 1.46. The minimum atomic E-state index is -3.74. The number of nitrogens with one attached hydrogen (secondary N) is 1. The van der Waals surface area contributed by atoms with Crippen LogP contribution in [0.3, 0.4) is 0 Å². The van der Waals surface area contributed by atoms with Crippen LogP contribution in [0.1, 0.15) is 42.5 Å². The van der Waals surface area contributed by atoms with Crippen LogP contribution in [0.25, 0.3) is 0 Å². The summed E-state index contributed by atoms with van der Waals surface area (Å²) in [4.78, 5) is 25.9. The SMILES string of the molecule is C#CCNS(=O)(=O)c1ccc(C(=O)N(C)C2(C(=O)O)CCCCC2)cc1. The van der Waals surface area contributed by atoms with Crippen LogP contribution in [-0.2, 0) is 14.8 Å². The highest BCUT2D eigenvalue weighted by Crippen LogP contribution is 2.34. The Labute approximate surface area is 153 Å². The van der Waals surface area contributed by atoms with Gasteiger partial charge in [-0.1, -0.05) is 25.2 Å². The Balaban J connectivity index is 2.24. The number of carboxylic acids is 1. The summed E-state index contributed by atoms with van der Waals surface area (Å²) in [6, 6.07) is 5.35. The molecule has 0 bridgehead atoms. The van der Waals surface area contributed by atoms with Crippen molar-refractivity contribution in [1.82, 2.24) is 9.62 Å². The minimum Gasteiger partial charge on any atom is -0.479 e. The third kappa shape index (κ3) is 3.89. The zero-order valence-corrected chi connectivity index (χ0v) is 15.4. The Morgan fingerprint density at radius 2 is 1.81 bits per heavy atom. The quantitative estimate of drug-likeness (QED) is 0.730. The van der Waals surface area contributed by atoms with E-state index in [4.69, 9.17) is 6.42 Å². The summed E-state index contributed by atoms with van der Waals surface area (Å²) in [5.41, 5.74) is -0.983. The molecular weight excluding hydrogens is 356 g/mol. The summed E-state index contributed by atoms with van der Waals surface area (Å²) in [6.07, 6.45) is 8.32. The van der Waals surface area contributed by atoms with Crippen molar-refractivity contribution >= 4 is 21.9 Å². The minimum absolute atomic E-state index is 0.0161. The normalized spacial score (nSPS) is 16.5. The summed E-state index contributed by atoms with van der Waals surface area (Å²) in [7, 11) is -2.26. The van der Waals surface area contributed by atoms with Gasteiger partial charge in [0.2, 0.25) is 10.0 Å². The first kappa shape index (κ1) is 19.9. The zero-order valence-electron chi connectivity index (χ0n) is 14.6. The van der Waals surface area contributed by atoms with Gasteiger partial charge in [-0.05, 0) is 37.1 Å². The molecule has 2 rings (SSSR count). The van der Waals surface area contributed by atoms with E-state index < -0.39 is 27.4 Å². The summed E-state index contributed by atoms with van der Waals surface area (Å²) >= 11 is 0. The maximum atomic E-state index is 12.8. The van der Waals surface area contributed by atoms with E-state index >= 15 is 0 Å². The number of hydrogen-bond donors (Lipinski definition) is 2. The molecule has 8 heteroatoms. The van der Waals surface area contributed by atoms with Crippen molar-refractivity contribution in [1.29, 1.82) is 0 Å². The summed E-state index contributed by atoms with van der Waals surface area (Å²) < 4.78 is 26.3. The first-order valence-corrected chi connectivity index (χ1v) is 9.78. The fraction of sp³-hybridized carbons (Fsp3) is 0.444. The zero-order chi connectivity index (χ0) is 19.4. The molecule has 2 N–H and O–H groups in total. The van der Waals surface area contributed by atoms with E-state index in [0.717, 1.165) is 19.3 Å². The number of carbonyl (C=O) groups is 2. The number of hydrogen-bond acceptors (Lipinski definition) is 4. The number of benzene rings is 1. The Kier molecular flexibility index (Phi) is 6.05. The van der Waals surface area contributed by atoms with E-state index in [0.29, 0.717) is 12.8 Å². The Bertz CT molecular complexity index is 818. The summed E-state index contributed by atoms with van der Waals surface area (Å²) in [6.45, 7) is -0.132. The molecule has 1 saturated carbocycles. The van der Waals surface area contributed by atoms with Gasteiger partial charge in [0, 0.05) is 12.6 Å². The second-order valence-electron chi connectivity index (χ2n) is 6.31. The molecule has 0 aliphatic heterocycles. The van der Waals surface area contributed by atoms with Crippen LogP contribution in [0.4, 0.5) is 0 Å².